The molecule has 2 nitrogen and oxygen atoms in total. The summed E-state index contributed by atoms with van der Waals surface area (Å²) in [5.41, 5.74) is 1.95. The number of rotatable bonds is 4. The first kappa shape index (κ1) is 11.6. The first-order valence-electron chi connectivity index (χ1n) is 3.44. The Kier molecular flexibility index (Phi) is 5.14. The molecular weight excluding hydrogens is 186 g/mol. The number of hydrazine groups is 1. The summed E-state index contributed by atoms with van der Waals surface area (Å²) in [6.07, 6.45) is 0.488. The highest BCUT2D eigenvalue weighted by molar-refractivity contribution is 6.22. The van der Waals surface area contributed by atoms with Gasteiger partial charge in [-0.05, 0) is 24.9 Å². The number of halogens is 3. The molecule has 0 saturated heterocycles. The molecule has 5 heteroatoms. The second kappa shape index (κ2) is 5.31. The van der Waals surface area contributed by atoms with Crippen molar-refractivity contribution in [1.82, 2.24) is 5.43 Å². The fourth-order valence-electron chi connectivity index (χ4n) is 0.683. The summed E-state index contributed by atoms with van der Waals surface area (Å²) in [7, 11) is 0. The molecule has 1 unspecified atom stereocenters. The van der Waals surface area contributed by atoms with Gasteiger partial charge in [-0.2, -0.15) is 8.78 Å². The summed E-state index contributed by atoms with van der Waals surface area (Å²) >= 11 is 4.75. The number of hydrogen-bond donors (Lipinski definition) is 2. The molecule has 0 heterocycles. The first-order valence-corrected chi connectivity index (χ1v) is 3.82. The third kappa shape index (κ3) is 4.50. The van der Waals surface area contributed by atoms with Gasteiger partial charge in [0.15, 0.2) is 0 Å². The third-order valence-corrected chi connectivity index (χ3v) is 1.59. The minimum Gasteiger partial charge on any atom is -0.271 e. The van der Waals surface area contributed by atoms with E-state index in [9.17, 15) is 8.78 Å². The van der Waals surface area contributed by atoms with E-state index in [0.29, 0.717) is 6.42 Å². The third-order valence-electron chi connectivity index (χ3n) is 1.33. The smallest absolute Gasteiger partial charge is 0.271 e. The van der Waals surface area contributed by atoms with Crippen molar-refractivity contribution in [3.63, 3.8) is 0 Å². The molecule has 0 aromatic heterocycles. The number of nitrogens with two attached hydrogens (primary N) is 1. The predicted molar refractivity (Wildman–Crippen MR) is 44.6 cm³/mol. The molecule has 12 heavy (non-hydrogen) atoms. The second-order valence-electron chi connectivity index (χ2n) is 2.23. The molecule has 0 spiro atoms. The SMILES string of the molecule is CC#CCCC(NN)C(F)(F)Cl. The Bertz CT molecular complexity index is 180. The highest BCUT2D eigenvalue weighted by atomic mass is 35.5. The van der Waals surface area contributed by atoms with Crippen molar-refractivity contribution in [2.75, 3.05) is 0 Å². The van der Waals surface area contributed by atoms with Gasteiger partial charge in [0.25, 0.3) is 0 Å². The summed E-state index contributed by atoms with van der Waals surface area (Å²) in [6, 6.07) is -1.22. The quantitative estimate of drug-likeness (QED) is 0.309. The molecule has 0 aliphatic carbocycles. The summed E-state index contributed by atoms with van der Waals surface area (Å²) in [6.45, 7) is 1.64. The Morgan fingerprint density at radius 2 is 2.25 bits per heavy atom. The van der Waals surface area contributed by atoms with Crippen molar-refractivity contribution < 1.29 is 8.78 Å². The molecule has 0 aromatic carbocycles. The summed E-state index contributed by atoms with van der Waals surface area (Å²) < 4.78 is 24.8. The average molecular weight is 197 g/mol. The molecule has 0 aliphatic heterocycles. The van der Waals surface area contributed by atoms with E-state index in [4.69, 9.17) is 17.4 Å². The molecule has 0 bridgehead atoms. The Morgan fingerprint density at radius 3 is 2.58 bits per heavy atom. The van der Waals surface area contributed by atoms with Crippen LogP contribution in [0.2, 0.25) is 0 Å². The van der Waals surface area contributed by atoms with Crippen LogP contribution in [0.15, 0.2) is 0 Å². The average Bonchev–Trinajstić information content (AvgIpc) is 1.95. The van der Waals surface area contributed by atoms with E-state index >= 15 is 0 Å². The van der Waals surface area contributed by atoms with E-state index in [1.54, 1.807) is 6.92 Å². The zero-order valence-electron chi connectivity index (χ0n) is 6.70. The minimum absolute atomic E-state index is 0.133. The van der Waals surface area contributed by atoms with E-state index in [1.165, 1.54) is 0 Å². The Hall–Kier alpha value is -0.370. The predicted octanol–water partition coefficient (Wildman–Crippen LogP) is 1.45. The van der Waals surface area contributed by atoms with Crippen molar-refractivity contribution in [1.29, 1.82) is 0 Å². The lowest BCUT2D eigenvalue weighted by Gasteiger charge is -2.19. The van der Waals surface area contributed by atoms with Gasteiger partial charge in [0.05, 0.1) is 0 Å². The van der Waals surface area contributed by atoms with Gasteiger partial charge in [0, 0.05) is 6.42 Å². The highest BCUT2D eigenvalue weighted by Gasteiger charge is 2.35. The van der Waals surface area contributed by atoms with Crippen LogP contribution in [0, 0.1) is 11.8 Å². The van der Waals surface area contributed by atoms with E-state index in [-0.39, 0.29) is 6.42 Å². The van der Waals surface area contributed by atoms with Gasteiger partial charge in [-0.1, -0.05) is 0 Å². The summed E-state index contributed by atoms with van der Waals surface area (Å²) in [5, 5.41) is -3.32. The molecule has 0 radical (unpaired) electrons. The van der Waals surface area contributed by atoms with E-state index in [2.05, 4.69) is 11.8 Å². The maximum atomic E-state index is 12.4. The van der Waals surface area contributed by atoms with Crippen LogP contribution < -0.4 is 11.3 Å². The maximum absolute atomic E-state index is 12.4. The van der Waals surface area contributed by atoms with Crippen LogP contribution in [-0.2, 0) is 0 Å². The topological polar surface area (TPSA) is 38.0 Å². The van der Waals surface area contributed by atoms with Gasteiger partial charge in [-0.25, -0.2) is 5.43 Å². The standard InChI is InChI=1S/C7H11ClF2N2/c1-2-3-4-5-6(12-11)7(8,9)10/h6,12H,4-5,11H2,1H3. The van der Waals surface area contributed by atoms with Gasteiger partial charge in [0.1, 0.15) is 6.04 Å². The van der Waals surface area contributed by atoms with Crippen molar-refractivity contribution in [3.8, 4) is 11.8 Å². The largest absolute Gasteiger partial charge is 0.338 e. The molecule has 1 atom stereocenters. The monoisotopic (exact) mass is 196 g/mol. The Morgan fingerprint density at radius 1 is 1.67 bits per heavy atom. The van der Waals surface area contributed by atoms with Crippen LogP contribution in [-0.4, -0.2) is 11.4 Å². The molecular formula is C7H11ClF2N2. The van der Waals surface area contributed by atoms with Gasteiger partial charge >= 0.3 is 5.38 Å². The lowest BCUT2D eigenvalue weighted by molar-refractivity contribution is 0.0473. The molecule has 0 aromatic rings. The molecule has 0 rings (SSSR count). The van der Waals surface area contributed by atoms with Crippen LogP contribution in [0.25, 0.3) is 0 Å². The van der Waals surface area contributed by atoms with Gasteiger partial charge in [0.2, 0.25) is 0 Å². The lowest BCUT2D eigenvalue weighted by Crippen LogP contribution is -2.45. The highest BCUT2D eigenvalue weighted by Crippen LogP contribution is 2.25. The maximum Gasteiger partial charge on any atom is 0.338 e. The Labute approximate surface area is 75.4 Å². The first-order chi connectivity index (χ1) is 5.52. The molecule has 0 fully saturated rings. The number of hydrogen-bond acceptors (Lipinski definition) is 2. The van der Waals surface area contributed by atoms with Crippen molar-refractivity contribution >= 4 is 11.6 Å². The summed E-state index contributed by atoms with van der Waals surface area (Å²) in [5.74, 6) is 10.1. The molecule has 70 valence electrons. The van der Waals surface area contributed by atoms with Gasteiger partial charge < -0.3 is 0 Å². The van der Waals surface area contributed by atoms with E-state index < -0.39 is 11.4 Å². The van der Waals surface area contributed by atoms with Crippen LogP contribution >= 0.6 is 11.6 Å². The second-order valence-corrected chi connectivity index (χ2v) is 2.73. The van der Waals surface area contributed by atoms with Crippen LogP contribution in [0.3, 0.4) is 0 Å². The fourth-order valence-corrected chi connectivity index (χ4v) is 0.855. The van der Waals surface area contributed by atoms with Crippen LogP contribution in [0.1, 0.15) is 19.8 Å². The van der Waals surface area contributed by atoms with Crippen LogP contribution in [0.5, 0.6) is 0 Å². The molecule has 0 saturated carbocycles. The lowest BCUT2D eigenvalue weighted by atomic mass is 10.2. The van der Waals surface area contributed by atoms with Crippen molar-refractivity contribution in [2.45, 2.75) is 31.2 Å². The van der Waals surface area contributed by atoms with Crippen molar-refractivity contribution in [3.05, 3.63) is 0 Å². The van der Waals surface area contributed by atoms with Crippen molar-refractivity contribution in [2.24, 2.45) is 5.84 Å². The fraction of sp³-hybridized carbons (Fsp3) is 0.714. The molecule has 0 aliphatic rings. The zero-order valence-corrected chi connectivity index (χ0v) is 7.46. The van der Waals surface area contributed by atoms with Crippen LogP contribution in [0.4, 0.5) is 8.78 Å². The van der Waals surface area contributed by atoms with E-state index in [1.807, 2.05) is 5.43 Å². The molecule has 3 N–H and O–H groups in total. The van der Waals surface area contributed by atoms with Gasteiger partial charge in [-0.3, -0.25) is 5.84 Å². The molecule has 0 amide bonds. The Balaban J connectivity index is 3.89. The number of alkyl halides is 3. The normalized spacial score (nSPS) is 13.4. The summed E-state index contributed by atoms with van der Waals surface area (Å²) in [4.78, 5) is 0. The number of nitrogens with one attached hydrogen (secondary N) is 1. The zero-order chi connectivity index (χ0) is 9.61. The van der Waals surface area contributed by atoms with Gasteiger partial charge in [-0.15, -0.1) is 11.8 Å². The minimum atomic E-state index is -3.32. The van der Waals surface area contributed by atoms with E-state index in [0.717, 1.165) is 0 Å².